The van der Waals surface area contributed by atoms with Crippen molar-refractivity contribution < 1.29 is 14.7 Å². The second-order valence-corrected chi connectivity index (χ2v) is 5.62. The molecule has 0 radical (unpaired) electrons. The number of thiophene rings is 1. The van der Waals surface area contributed by atoms with Gasteiger partial charge in [-0.2, -0.15) is 11.3 Å². The Morgan fingerprint density at radius 1 is 1.53 bits per heavy atom. The molecule has 1 atom stereocenters. The summed E-state index contributed by atoms with van der Waals surface area (Å²) in [4.78, 5) is 24.7. The van der Waals surface area contributed by atoms with Crippen LogP contribution in [0.1, 0.15) is 39.3 Å². The lowest BCUT2D eigenvalue weighted by Gasteiger charge is -2.35. The molecule has 0 aliphatic heterocycles. The molecule has 0 aliphatic rings. The minimum absolute atomic E-state index is 0.141. The van der Waals surface area contributed by atoms with Gasteiger partial charge >= 0.3 is 12.0 Å². The van der Waals surface area contributed by atoms with Crippen LogP contribution in [-0.4, -0.2) is 34.1 Å². The average molecular weight is 284 g/mol. The lowest BCUT2D eigenvalue weighted by Crippen LogP contribution is -2.56. The van der Waals surface area contributed by atoms with Gasteiger partial charge in [-0.1, -0.05) is 0 Å². The number of likely N-dealkylation sites (N-methyl/N-ethyl adjacent to an activating group) is 1. The fraction of sp³-hybridized carbons (Fsp3) is 0.538. The number of carbonyl (C=O) groups is 2. The number of amides is 2. The SMILES string of the molecule is CCN(C(=O)NC(C)c1ccsc1)C(C)(C)C(=O)O. The Kier molecular flexibility index (Phi) is 4.94. The van der Waals surface area contributed by atoms with Gasteiger partial charge in [0.15, 0.2) is 0 Å². The predicted octanol–water partition coefficient (Wildman–Crippen LogP) is 2.70. The highest BCUT2D eigenvalue weighted by Gasteiger charge is 2.37. The third-order valence-electron chi connectivity index (χ3n) is 3.14. The number of nitrogens with zero attached hydrogens (tertiary/aromatic N) is 1. The molecule has 1 aromatic heterocycles. The Hall–Kier alpha value is -1.56. The Labute approximate surface area is 117 Å². The highest BCUT2D eigenvalue weighted by molar-refractivity contribution is 7.07. The number of hydrogen-bond donors (Lipinski definition) is 2. The zero-order valence-electron chi connectivity index (χ0n) is 11.6. The molecule has 19 heavy (non-hydrogen) atoms. The molecule has 0 aliphatic carbocycles. The average Bonchev–Trinajstić information content (AvgIpc) is 2.82. The fourth-order valence-corrected chi connectivity index (χ4v) is 2.53. The van der Waals surface area contributed by atoms with Gasteiger partial charge in [0.1, 0.15) is 5.54 Å². The van der Waals surface area contributed by atoms with Gasteiger partial charge in [-0.15, -0.1) is 0 Å². The van der Waals surface area contributed by atoms with E-state index in [2.05, 4.69) is 5.32 Å². The van der Waals surface area contributed by atoms with E-state index in [9.17, 15) is 14.7 Å². The summed E-state index contributed by atoms with van der Waals surface area (Å²) in [7, 11) is 0. The van der Waals surface area contributed by atoms with Crippen molar-refractivity contribution in [3.63, 3.8) is 0 Å². The first-order chi connectivity index (χ1) is 8.80. The molecular formula is C13H20N2O3S. The lowest BCUT2D eigenvalue weighted by molar-refractivity contribution is -0.147. The van der Waals surface area contributed by atoms with Crippen molar-refractivity contribution in [3.8, 4) is 0 Å². The Balaban J connectivity index is 2.78. The minimum Gasteiger partial charge on any atom is -0.480 e. The number of rotatable bonds is 5. The second kappa shape index (κ2) is 6.06. The van der Waals surface area contributed by atoms with Crippen LogP contribution in [0, 0.1) is 0 Å². The van der Waals surface area contributed by atoms with Crippen LogP contribution < -0.4 is 5.32 Å². The van der Waals surface area contributed by atoms with Crippen LogP contribution in [0.2, 0.25) is 0 Å². The summed E-state index contributed by atoms with van der Waals surface area (Å²) < 4.78 is 0. The molecule has 1 rings (SSSR count). The van der Waals surface area contributed by atoms with Crippen molar-refractivity contribution in [3.05, 3.63) is 22.4 Å². The highest BCUT2D eigenvalue weighted by Crippen LogP contribution is 2.19. The molecule has 1 aromatic rings. The normalized spacial score (nSPS) is 12.8. The Bertz CT molecular complexity index is 443. The molecule has 0 saturated heterocycles. The van der Waals surface area contributed by atoms with E-state index in [0.29, 0.717) is 6.54 Å². The van der Waals surface area contributed by atoms with Crippen molar-refractivity contribution in [1.29, 1.82) is 0 Å². The first kappa shape index (κ1) is 15.5. The summed E-state index contributed by atoms with van der Waals surface area (Å²) in [6.45, 7) is 7.02. The Morgan fingerprint density at radius 2 is 2.16 bits per heavy atom. The standard InChI is InChI=1S/C13H20N2O3S/c1-5-15(13(3,4)11(16)17)12(18)14-9(2)10-6-7-19-8-10/h6-9H,5H2,1-4H3,(H,14,18)(H,16,17). The lowest BCUT2D eigenvalue weighted by atomic mass is 10.0. The van der Waals surface area contributed by atoms with Crippen LogP contribution in [0.25, 0.3) is 0 Å². The number of carbonyl (C=O) groups excluding carboxylic acids is 1. The summed E-state index contributed by atoms with van der Waals surface area (Å²) in [6.07, 6.45) is 0. The Morgan fingerprint density at radius 3 is 2.58 bits per heavy atom. The number of aliphatic carboxylic acids is 1. The predicted molar refractivity (Wildman–Crippen MR) is 75.4 cm³/mol. The van der Waals surface area contributed by atoms with Crippen molar-refractivity contribution in [2.24, 2.45) is 0 Å². The summed E-state index contributed by atoms with van der Waals surface area (Å²) in [5.41, 5.74) is -0.213. The molecule has 0 fully saturated rings. The van der Waals surface area contributed by atoms with Crippen LogP contribution in [-0.2, 0) is 4.79 Å². The summed E-state index contributed by atoms with van der Waals surface area (Å²) in [5.74, 6) is -1.02. The van der Waals surface area contributed by atoms with E-state index in [1.807, 2.05) is 23.8 Å². The molecular weight excluding hydrogens is 264 g/mol. The van der Waals surface area contributed by atoms with E-state index in [0.717, 1.165) is 5.56 Å². The van der Waals surface area contributed by atoms with E-state index in [1.165, 1.54) is 18.7 Å². The zero-order chi connectivity index (χ0) is 14.6. The van der Waals surface area contributed by atoms with Crippen LogP contribution >= 0.6 is 11.3 Å². The number of urea groups is 1. The van der Waals surface area contributed by atoms with Crippen LogP contribution in [0.5, 0.6) is 0 Å². The zero-order valence-corrected chi connectivity index (χ0v) is 12.5. The van der Waals surface area contributed by atoms with E-state index >= 15 is 0 Å². The van der Waals surface area contributed by atoms with Crippen molar-refractivity contribution >= 4 is 23.3 Å². The van der Waals surface area contributed by atoms with Gasteiger partial charge in [0.05, 0.1) is 6.04 Å². The topological polar surface area (TPSA) is 69.6 Å². The van der Waals surface area contributed by atoms with Crippen LogP contribution in [0.15, 0.2) is 16.8 Å². The molecule has 2 amide bonds. The van der Waals surface area contributed by atoms with Crippen molar-refractivity contribution in [2.75, 3.05) is 6.54 Å². The van der Waals surface area contributed by atoms with Gasteiger partial charge in [-0.25, -0.2) is 9.59 Å². The molecule has 2 N–H and O–H groups in total. The monoisotopic (exact) mass is 284 g/mol. The molecule has 6 heteroatoms. The highest BCUT2D eigenvalue weighted by atomic mass is 32.1. The minimum atomic E-state index is -1.23. The van der Waals surface area contributed by atoms with E-state index < -0.39 is 11.5 Å². The molecule has 0 aromatic carbocycles. The quantitative estimate of drug-likeness (QED) is 0.873. The summed E-state index contributed by atoms with van der Waals surface area (Å²) in [6, 6.07) is 1.43. The maximum Gasteiger partial charge on any atom is 0.329 e. The first-order valence-corrected chi connectivity index (χ1v) is 7.08. The first-order valence-electron chi connectivity index (χ1n) is 6.14. The van der Waals surface area contributed by atoms with E-state index in [-0.39, 0.29) is 12.1 Å². The van der Waals surface area contributed by atoms with E-state index in [1.54, 1.807) is 18.3 Å². The van der Waals surface area contributed by atoms with Gasteiger partial charge in [0.25, 0.3) is 0 Å². The third kappa shape index (κ3) is 3.47. The van der Waals surface area contributed by atoms with Gasteiger partial charge < -0.3 is 15.3 Å². The number of hydrogen-bond acceptors (Lipinski definition) is 3. The fourth-order valence-electron chi connectivity index (χ4n) is 1.78. The summed E-state index contributed by atoms with van der Waals surface area (Å²) in [5, 5.41) is 15.9. The summed E-state index contributed by atoms with van der Waals surface area (Å²) >= 11 is 1.56. The molecule has 1 heterocycles. The number of carboxylic acid groups (broad SMARTS) is 1. The van der Waals surface area contributed by atoms with Crippen LogP contribution in [0.4, 0.5) is 4.79 Å². The second-order valence-electron chi connectivity index (χ2n) is 4.84. The van der Waals surface area contributed by atoms with Gasteiger partial charge in [0.2, 0.25) is 0 Å². The van der Waals surface area contributed by atoms with Gasteiger partial charge in [-0.05, 0) is 50.1 Å². The molecule has 0 bridgehead atoms. The van der Waals surface area contributed by atoms with Gasteiger partial charge in [0, 0.05) is 6.54 Å². The van der Waals surface area contributed by atoms with Crippen molar-refractivity contribution in [2.45, 2.75) is 39.3 Å². The molecule has 0 spiro atoms. The molecule has 1 unspecified atom stereocenters. The van der Waals surface area contributed by atoms with E-state index in [4.69, 9.17) is 0 Å². The molecule has 5 nitrogen and oxygen atoms in total. The number of carboxylic acids is 1. The van der Waals surface area contributed by atoms with Crippen molar-refractivity contribution in [1.82, 2.24) is 10.2 Å². The van der Waals surface area contributed by atoms with Crippen LogP contribution in [0.3, 0.4) is 0 Å². The maximum absolute atomic E-state index is 12.2. The largest absolute Gasteiger partial charge is 0.480 e. The molecule has 106 valence electrons. The third-order valence-corrected chi connectivity index (χ3v) is 3.84. The smallest absolute Gasteiger partial charge is 0.329 e. The maximum atomic E-state index is 12.2. The van der Waals surface area contributed by atoms with Gasteiger partial charge in [-0.3, -0.25) is 0 Å². The molecule has 0 saturated carbocycles. The number of nitrogens with one attached hydrogen (secondary N) is 1.